The molecule has 2 heteroatoms. The molecule has 3 aliphatic heterocycles. The van der Waals surface area contributed by atoms with Crippen LogP contribution < -0.4 is 10.6 Å². The summed E-state index contributed by atoms with van der Waals surface area (Å²) < 4.78 is 0. The number of fused-ring (bicyclic) bond motifs is 4. The van der Waals surface area contributed by atoms with E-state index in [1.165, 1.54) is 12.8 Å². The largest absolute Gasteiger partial charge is 0.388 e. The standard InChI is InChI=1S/C11H18N2/c1-11(2)6-9-7-3-4-12-8(7)5-10(11)13-9/h3-4,7-10,12-13H,5-6H2,1-2H3. The van der Waals surface area contributed by atoms with E-state index in [0.29, 0.717) is 5.41 Å². The lowest BCUT2D eigenvalue weighted by Crippen LogP contribution is -2.50. The first-order valence-corrected chi connectivity index (χ1v) is 5.36. The molecule has 2 N–H and O–H groups in total. The van der Waals surface area contributed by atoms with E-state index in [-0.39, 0.29) is 0 Å². The molecular formula is C11H18N2. The lowest BCUT2D eigenvalue weighted by molar-refractivity contribution is 0.250. The minimum Gasteiger partial charge on any atom is -0.388 e. The van der Waals surface area contributed by atoms with Crippen LogP contribution in [-0.2, 0) is 0 Å². The third-order valence-electron chi connectivity index (χ3n) is 4.15. The average Bonchev–Trinajstić information content (AvgIpc) is 2.58. The molecular weight excluding hydrogens is 160 g/mol. The van der Waals surface area contributed by atoms with Gasteiger partial charge < -0.3 is 10.6 Å². The monoisotopic (exact) mass is 178 g/mol. The Morgan fingerprint density at radius 1 is 1.31 bits per heavy atom. The van der Waals surface area contributed by atoms with Crippen LogP contribution in [0.1, 0.15) is 26.7 Å². The Hall–Kier alpha value is -0.500. The zero-order valence-corrected chi connectivity index (χ0v) is 8.38. The van der Waals surface area contributed by atoms with E-state index >= 15 is 0 Å². The third kappa shape index (κ3) is 0.983. The van der Waals surface area contributed by atoms with Crippen LogP contribution >= 0.6 is 0 Å². The van der Waals surface area contributed by atoms with Crippen molar-refractivity contribution in [3.63, 3.8) is 0 Å². The van der Waals surface area contributed by atoms with Gasteiger partial charge in [-0.3, -0.25) is 0 Å². The van der Waals surface area contributed by atoms with Crippen molar-refractivity contribution < 1.29 is 0 Å². The van der Waals surface area contributed by atoms with Gasteiger partial charge in [0.05, 0.1) is 0 Å². The van der Waals surface area contributed by atoms with Crippen LogP contribution in [0.3, 0.4) is 0 Å². The zero-order valence-electron chi connectivity index (χ0n) is 8.38. The number of nitrogens with one attached hydrogen (secondary N) is 2. The molecule has 2 fully saturated rings. The van der Waals surface area contributed by atoms with E-state index in [9.17, 15) is 0 Å². The van der Waals surface area contributed by atoms with Gasteiger partial charge >= 0.3 is 0 Å². The number of hydrogen-bond donors (Lipinski definition) is 2. The van der Waals surface area contributed by atoms with Crippen molar-refractivity contribution in [2.75, 3.05) is 0 Å². The van der Waals surface area contributed by atoms with Gasteiger partial charge in [-0.25, -0.2) is 0 Å². The summed E-state index contributed by atoms with van der Waals surface area (Å²) in [6, 6.07) is 2.18. The Bertz CT molecular complexity index is 257. The Balaban J connectivity index is 1.90. The summed E-state index contributed by atoms with van der Waals surface area (Å²) in [6.45, 7) is 4.80. The molecule has 3 rings (SSSR count). The van der Waals surface area contributed by atoms with E-state index in [2.05, 4.69) is 36.8 Å². The molecule has 0 amide bonds. The molecule has 0 aromatic rings. The van der Waals surface area contributed by atoms with Gasteiger partial charge in [-0.05, 0) is 24.5 Å². The van der Waals surface area contributed by atoms with Crippen LogP contribution in [0.2, 0.25) is 0 Å². The fourth-order valence-corrected chi connectivity index (χ4v) is 3.32. The molecule has 3 aliphatic rings. The quantitative estimate of drug-likeness (QED) is 0.583. The van der Waals surface area contributed by atoms with Gasteiger partial charge in [0.25, 0.3) is 0 Å². The number of rotatable bonds is 0. The predicted octanol–water partition coefficient (Wildman–Crippen LogP) is 1.25. The van der Waals surface area contributed by atoms with Crippen molar-refractivity contribution in [1.29, 1.82) is 0 Å². The van der Waals surface area contributed by atoms with Crippen LogP contribution in [-0.4, -0.2) is 18.1 Å². The summed E-state index contributed by atoms with van der Waals surface area (Å²) in [7, 11) is 0. The molecule has 4 atom stereocenters. The summed E-state index contributed by atoms with van der Waals surface area (Å²) in [5.74, 6) is 0.748. The summed E-state index contributed by atoms with van der Waals surface area (Å²) in [5.41, 5.74) is 0.504. The van der Waals surface area contributed by atoms with Gasteiger partial charge in [0, 0.05) is 24.0 Å². The van der Waals surface area contributed by atoms with Crippen LogP contribution in [0.5, 0.6) is 0 Å². The molecule has 3 heterocycles. The molecule has 2 nitrogen and oxygen atoms in total. The van der Waals surface area contributed by atoms with E-state index in [0.717, 1.165) is 24.0 Å². The zero-order chi connectivity index (χ0) is 9.05. The van der Waals surface area contributed by atoms with Crippen molar-refractivity contribution >= 4 is 0 Å². The Morgan fingerprint density at radius 2 is 2.15 bits per heavy atom. The maximum Gasteiger partial charge on any atom is 0.0348 e. The summed E-state index contributed by atoms with van der Waals surface area (Å²) in [6.07, 6.45) is 7.12. The van der Waals surface area contributed by atoms with Crippen molar-refractivity contribution in [3.05, 3.63) is 12.3 Å². The van der Waals surface area contributed by atoms with Crippen LogP contribution in [0, 0.1) is 11.3 Å². The second kappa shape index (κ2) is 2.30. The highest BCUT2D eigenvalue weighted by Crippen LogP contribution is 2.44. The van der Waals surface area contributed by atoms with Crippen molar-refractivity contribution in [2.24, 2.45) is 11.3 Å². The van der Waals surface area contributed by atoms with Gasteiger partial charge in [-0.1, -0.05) is 19.9 Å². The molecule has 0 saturated carbocycles. The first-order chi connectivity index (χ1) is 6.17. The SMILES string of the molecule is CC1(C)CC2NC1CC1NC=CC12. The maximum absolute atomic E-state index is 3.76. The van der Waals surface area contributed by atoms with Gasteiger partial charge in [-0.15, -0.1) is 0 Å². The fourth-order valence-electron chi connectivity index (χ4n) is 3.32. The van der Waals surface area contributed by atoms with Gasteiger partial charge in [-0.2, -0.15) is 0 Å². The van der Waals surface area contributed by atoms with Crippen molar-refractivity contribution in [1.82, 2.24) is 10.6 Å². The minimum absolute atomic E-state index is 0.504. The predicted molar refractivity (Wildman–Crippen MR) is 53.3 cm³/mol. The summed E-state index contributed by atoms with van der Waals surface area (Å²) >= 11 is 0. The smallest absolute Gasteiger partial charge is 0.0348 e. The Kier molecular flexibility index (Phi) is 1.39. The summed E-state index contributed by atoms with van der Waals surface area (Å²) in [5, 5.41) is 7.24. The lowest BCUT2D eigenvalue weighted by Gasteiger charge is -2.34. The molecule has 0 aromatic heterocycles. The second-order valence-corrected chi connectivity index (χ2v) is 5.46. The fraction of sp³-hybridized carbons (Fsp3) is 0.818. The Morgan fingerprint density at radius 3 is 3.00 bits per heavy atom. The molecule has 0 radical (unpaired) electrons. The first-order valence-electron chi connectivity index (χ1n) is 5.36. The summed E-state index contributed by atoms with van der Waals surface area (Å²) in [4.78, 5) is 0. The normalized spacial score (nSPS) is 50.3. The molecule has 2 bridgehead atoms. The minimum atomic E-state index is 0.504. The molecule has 13 heavy (non-hydrogen) atoms. The van der Waals surface area contributed by atoms with E-state index in [1.54, 1.807) is 0 Å². The van der Waals surface area contributed by atoms with E-state index < -0.39 is 0 Å². The number of piperidine rings is 1. The van der Waals surface area contributed by atoms with E-state index in [4.69, 9.17) is 0 Å². The molecule has 0 aliphatic carbocycles. The van der Waals surface area contributed by atoms with Gasteiger partial charge in [0.2, 0.25) is 0 Å². The first kappa shape index (κ1) is 7.86. The molecule has 0 aromatic carbocycles. The molecule has 2 saturated heterocycles. The van der Waals surface area contributed by atoms with Crippen LogP contribution in [0.25, 0.3) is 0 Å². The highest BCUT2D eigenvalue weighted by Gasteiger charge is 2.50. The van der Waals surface area contributed by atoms with E-state index in [1.807, 2.05) is 0 Å². The van der Waals surface area contributed by atoms with Gasteiger partial charge in [0.15, 0.2) is 0 Å². The number of hydrogen-bond acceptors (Lipinski definition) is 2. The molecule has 4 unspecified atom stereocenters. The highest BCUT2D eigenvalue weighted by atomic mass is 15.1. The van der Waals surface area contributed by atoms with Crippen molar-refractivity contribution in [3.8, 4) is 0 Å². The second-order valence-electron chi connectivity index (χ2n) is 5.46. The highest BCUT2D eigenvalue weighted by molar-refractivity contribution is 5.16. The van der Waals surface area contributed by atoms with Crippen molar-refractivity contribution in [2.45, 2.75) is 44.8 Å². The molecule has 0 spiro atoms. The third-order valence-corrected chi connectivity index (χ3v) is 4.15. The van der Waals surface area contributed by atoms with Crippen LogP contribution in [0.4, 0.5) is 0 Å². The topological polar surface area (TPSA) is 24.1 Å². The molecule has 72 valence electrons. The lowest BCUT2D eigenvalue weighted by atomic mass is 9.83. The Labute approximate surface area is 79.8 Å². The average molecular weight is 178 g/mol. The van der Waals surface area contributed by atoms with Crippen LogP contribution in [0.15, 0.2) is 12.3 Å². The van der Waals surface area contributed by atoms with Gasteiger partial charge in [0.1, 0.15) is 0 Å². The maximum atomic E-state index is 3.76.